The van der Waals surface area contributed by atoms with Crippen molar-refractivity contribution in [2.24, 2.45) is 0 Å². The minimum atomic E-state index is -0.573. The van der Waals surface area contributed by atoms with Crippen LogP contribution in [0.2, 0.25) is 5.02 Å². The van der Waals surface area contributed by atoms with Gasteiger partial charge >= 0.3 is 0 Å². The molecule has 0 unspecified atom stereocenters. The van der Waals surface area contributed by atoms with E-state index in [0.29, 0.717) is 17.0 Å². The summed E-state index contributed by atoms with van der Waals surface area (Å²) in [7, 11) is 0. The first kappa shape index (κ1) is 16.9. The molecule has 20 heavy (non-hydrogen) atoms. The van der Waals surface area contributed by atoms with Crippen LogP contribution in [0.1, 0.15) is 32.8 Å². The molecule has 0 aromatic heterocycles. The Labute approximate surface area is 128 Å². The molecule has 0 atom stereocenters. The molecule has 110 valence electrons. The number of amides is 1. The van der Waals surface area contributed by atoms with E-state index in [-0.39, 0.29) is 29.1 Å². The third-order valence-electron chi connectivity index (χ3n) is 2.43. The summed E-state index contributed by atoms with van der Waals surface area (Å²) < 4.78 is 19.1. The maximum Gasteiger partial charge on any atom is 0.224 e. The zero-order chi connectivity index (χ0) is 15.3. The SMILES string of the molecule is CCC(=O)Nc1cc(CC(=S)OC(C)C)c(Cl)cc1F. The number of carbonyl (C=O) groups excluding carboxylic acids is 1. The van der Waals surface area contributed by atoms with Crippen molar-refractivity contribution in [1.29, 1.82) is 0 Å². The predicted octanol–water partition coefficient (Wildman–Crippen LogP) is 4.12. The predicted molar refractivity (Wildman–Crippen MR) is 82.9 cm³/mol. The Kier molecular flexibility index (Phi) is 6.36. The van der Waals surface area contributed by atoms with E-state index >= 15 is 0 Å². The molecule has 0 bridgehead atoms. The third-order valence-corrected chi connectivity index (χ3v) is 3.03. The topological polar surface area (TPSA) is 38.3 Å². The summed E-state index contributed by atoms with van der Waals surface area (Å²) in [6, 6.07) is 2.65. The summed E-state index contributed by atoms with van der Waals surface area (Å²) in [4.78, 5) is 11.3. The number of halogens is 2. The van der Waals surface area contributed by atoms with Crippen molar-refractivity contribution in [3.8, 4) is 0 Å². The van der Waals surface area contributed by atoms with E-state index in [2.05, 4.69) is 5.32 Å². The molecule has 0 saturated heterocycles. The van der Waals surface area contributed by atoms with Crippen molar-refractivity contribution < 1.29 is 13.9 Å². The highest BCUT2D eigenvalue weighted by molar-refractivity contribution is 7.80. The van der Waals surface area contributed by atoms with Gasteiger partial charge in [-0.05, 0) is 43.8 Å². The highest BCUT2D eigenvalue weighted by Gasteiger charge is 2.13. The van der Waals surface area contributed by atoms with Crippen LogP contribution in [0.4, 0.5) is 10.1 Å². The highest BCUT2D eigenvalue weighted by Crippen LogP contribution is 2.25. The van der Waals surface area contributed by atoms with Gasteiger partial charge in [-0.1, -0.05) is 18.5 Å². The summed E-state index contributed by atoms with van der Waals surface area (Å²) >= 11 is 11.1. The quantitative estimate of drug-likeness (QED) is 0.830. The molecule has 1 aromatic carbocycles. The number of ether oxygens (including phenoxy) is 1. The lowest BCUT2D eigenvalue weighted by molar-refractivity contribution is -0.115. The van der Waals surface area contributed by atoms with Crippen molar-refractivity contribution in [1.82, 2.24) is 0 Å². The number of hydrogen-bond donors (Lipinski definition) is 1. The highest BCUT2D eigenvalue weighted by atomic mass is 35.5. The van der Waals surface area contributed by atoms with E-state index in [4.69, 9.17) is 28.6 Å². The third kappa shape index (κ3) is 5.06. The van der Waals surface area contributed by atoms with Crippen LogP contribution >= 0.6 is 23.8 Å². The molecule has 6 heteroatoms. The Morgan fingerprint density at radius 3 is 2.70 bits per heavy atom. The maximum atomic E-state index is 13.7. The molecular formula is C14H17ClFNO2S. The van der Waals surface area contributed by atoms with Crippen molar-refractivity contribution in [3.05, 3.63) is 28.5 Å². The van der Waals surface area contributed by atoms with Crippen molar-refractivity contribution >= 4 is 40.5 Å². The van der Waals surface area contributed by atoms with Gasteiger partial charge in [-0.3, -0.25) is 4.79 Å². The number of hydrogen-bond acceptors (Lipinski definition) is 3. The lowest BCUT2D eigenvalue weighted by Gasteiger charge is -2.13. The van der Waals surface area contributed by atoms with Gasteiger partial charge in [-0.2, -0.15) is 0 Å². The Bertz CT molecular complexity index is 520. The number of rotatable bonds is 5. The zero-order valence-electron chi connectivity index (χ0n) is 11.6. The summed E-state index contributed by atoms with van der Waals surface area (Å²) in [5.74, 6) is -0.838. The standard InChI is InChI=1S/C14H17ClFNO2S/c1-4-13(18)17-12-5-9(10(15)7-11(12)16)6-14(20)19-8(2)3/h5,7-8H,4,6H2,1-3H3,(H,17,18). The second kappa shape index (κ2) is 7.55. The second-order valence-electron chi connectivity index (χ2n) is 4.54. The first-order valence-electron chi connectivity index (χ1n) is 6.30. The monoisotopic (exact) mass is 317 g/mol. The van der Waals surface area contributed by atoms with Crippen LogP contribution in [0.3, 0.4) is 0 Å². The van der Waals surface area contributed by atoms with Crippen LogP contribution in [0.25, 0.3) is 0 Å². The van der Waals surface area contributed by atoms with Gasteiger partial charge in [-0.25, -0.2) is 4.39 Å². The van der Waals surface area contributed by atoms with E-state index < -0.39 is 5.82 Å². The number of anilines is 1. The van der Waals surface area contributed by atoms with Gasteiger partial charge in [0.05, 0.1) is 11.8 Å². The Morgan fingerprint density at radius 1 is 1.50 bits per heavy atom. The molecular weight excluding hydrogens is 301 g/mol. The molecule has 1 N–H and O–H groups in total. The van der Waals surface area contributed by atoms with Gasteiger partial charge < -0.3 is 10.1 Å². The van der Waals surface area contributed by atoms with E-state index in [0.717, 1.165) is 0 Å². The fourth-order valence-corrected chi connectivity index (χ4v) is 2.09. The largest absolute Gasteiger partial charge is 0.484 e. The zero-order valence-corrected chi connectivity index (χ0v) is 13.2. The Morgan fingerprint density at radius 2 is 2.15 bits per heavy atom. The molecule has 0 heterocycles. The Balaban J connectivity index is 2.93. The van der Waals surface area contributed by atoms with Crippen LogP contribution in [-0.4, -0.2) is 17.1 Å². The second-order valence-corrected chi connectivity index (χ2v) is 5.40. The van der Waals surface area contributed by atoms with Crippen molar-refractivity contribution in [2.45, 2.75) is 39.7 Å². The van der Waals surface area contributed by atoms with Gasteiger partial charge in [0, 0.05) is 17.9 Å². The number of thiocarbonyl (C=S) groups is 1. The van der Waals surface area contributed by atoms with Crippen molar-refractivity contribution in [3.63, 3.8) is 0 Å². The first-order valence-corrected chi connectivity index (χ1v) is 7.09. The van der Waals surface area contributed by atoms with E-state index in [1.807, 2.05) is 13.8 Å². The summed E-state index contributed by atoms with van der Waals surface area (Å²) in [5.41, 5.74) is 0.716. The molecule has 1 rings (SSSR count). The minimum Gasteiger partial charge on any atom is -0.484 e. The lowest BCUT2D eigenvalue weighted by atomic mass is 10.1. The molecule has 0 fully saturated rings. The summed E-state index contributed by atoms with van der Waals surface area (Å²) in [5, 5.41) is 3.12. The Hall–Kier alpha value is -1.20. The molecule has 0 aliphatic rings. The maximum absolute atomic E-state index is 13.7. The number of carbonyl (C=O) groups is 1. The van der Waals surface area contributed by atoms with Gasteiger partial charge in [0.25, 0.3) is 0 Å². The number of nitrogens with one attached hydrogen (secondary N) is 1. The van der Waals surface area contributed by atoms with Crippen LogP contribution in [0.5, 0.6) is 0 Å². The van der Waals surface area contributed by atoms with Crippen LogP contribution in [0.15, 0.2) is 12.1 Å². The number of benzene rings is 1. The summed E-state index contributed by atoms with van der Waals surface area (Å²) in [6.45, 7) is 5.42. The fourth-order valence-electron chi connectivity index (χ4n) is 1.52. The molecule has 0 aliphatic carbocycles. The molecule has 0 radical (unpaired) electrons. The molecule has 1 aromatic rings. The molecule has 0 aliphatic heterocycles. The first-order chi connectivity index (χ1) is 9.33. The molecule has 0 spiro atoms. The molecule has 1 amide bonds. The van der Waals surface area contributed by atoms with Crippen LogP contribution < -0.4 is 5.32 Å². The van der Waals surface area contributed by atoms with E-state index in [1.165, 1.54) is 12.1 Å². The fraction of sp³-hybridized carbons (Fsp3) is 0.429. The molecule has 0 saturated carbocycles. The molecule has 3 nitrogen and oxygen atoms in total. The van der Waals surface area contributed by atoms with Gasteiger partial charge in [0.1, 0.15) is 5.82 Å². The van der Waals surface area contributed by atoms with Gasteiger partial charge in [-0.15, -0.1) is 0 Å². The van der Waals surface area contributed by atoms with Gasteiger partial charge in [0.2, 0.25) is 5.91 Å². The average molecular weight is 318 g/mol. The lowest BCUT2D eigenvalue weighted by Crippen LogP contribution is -2.14. The van der Waals surface area contributed by atoms with Crippen LogP contribution in [-0.2, 0) is 16.0 Å². The van der Waals surface area contributed by atoms with Gasteiger partial charge in [0.15, 0.2) is 5.05 Å². The average Bonchev–Trinajstić information content (AvgIpc) is 2.33. The smallest absolute Gasteiger partial charge is 0.224 e. The van der Waals surface area contributed by atoms with E-state index in [1.54, 1.807) is 6.92 Å². The van der Waals surface area contributed by atoms with Crippen LogP contribution in [0, 0.1) is 5.82 Å². The van der Waals surface area contributed by atoms with E-state index in [9.17, 15) is 9.18 Å². The normalized spacial score (nSPS) is 10.5. The minimum absolute atomic E-state index is 0.0269. The summed E-state index contributed by atoms with van der Waals surface area (Å²) in [6.07, 6.45) is 0.537. The van der Waals surface area contributed by atoms with Crippen molar-refractivity contribution in [2.75, 3.05) is 5.32 Å².